The smallest absolute Gasteiger partial charge is 0.263 e. The minimum absolute atomic E-state index is 0.0386. The van der Waals surface area contributed by atoms with Gasteiger partial charge >= 0.3 is 0 Å². The van der Waals surface area contributed by atoms with Gasteiger partial charge in [0.05, 0.1) is 27.4 Å². The van der Waals surface area contributed by atoms with Gasteiger partial charge in [0.25, 0.3) is 10.0 Å². The summed E-state index contributed by atoms with van der Waals surface area (Å²) in [5.41, 5.74) is 0.468. The van der Waals surface area contributed by atoms with Gasteiger partial charge < -0.3 is 0 Å². The number of nitrogens with zero attached hydrogens (tertiary/aromatic N) is 1. The van der Waals surface area contributed by atoms with Crippen LogP contribution in [0, 0.1) is 11.3 Å². The van der Waals surface area contributed by atoms with Crippen molar-refractivity contribution in [3.8, 4) is 6.07 Å². The number of anilines is 1. The second-order valence-corrected chi connectivity index (χ2v) is 6.89. The number of nitrogens with one attached hydrogen (secondary N) is 1. The Balaban J connectivity index is 2.43. The largest absolute Gasteiger partial charge is 0.278 e. The van der Waals surface area contributed by atoms with Gasteiger partial charge in [0, 0.05) is 5.02 Å². The molecule has 0 unspecified atom stereocenters. The number of benzene rings is 2. The molecular weight excluding hydrogens is 355 g/mol. The molecule has 108 valence electrons. The molecule has 1 N–H and O–H groups in total. The highest BCUT2D eigenvalue weighted by atomic mass is 35.5. The molecule has 0 spiro atoms. The van der Waals surface area contributed by atoms with Gasteiger partial charge in [0.2, 0.25) is 0 Å². The number of nitriles is 1. The van der Waals surface area contributed by atoms with Crippen LogP contribution in [0.4, 0.5) is 5.69 Å². The van der Waals surface area contributed by atoms with Crippen LogP contribution < -0.4 is 4.72 Å². The van der Waals surface area contributed by atoms with Crippen LogP contribution in [0.3, 0.4) is 0 Å². The Kier molecular flexibility index (Phi) is 4.64. The molecule has 2 aromatic rings. The van der Waals surface area contributed by atoms with Crippen molar-refractivity contribution in [3.63, 3.8) is 0 Å². The van der Waals surface area contributed by atoms with E-state index in [4.69, 9.17) is 40.1 Å². The first-order valence-corrected chi connectivity index (χ1v) is 8.13. The van der Waals surface area contributed by atoms with E-state index in [0.29, 0.717) is 5.56 Å². The zero-order chi connectivity index (χ0) is 15.6. The summed E-state index contributed by atoms with van der Waals surface area (Å²) in [4.78, 5) is -0.155. The highest BCUT2D eigenvalue weighted by Gasteiger charge is 2.19. The van der Waals surface area contributed by atoms with E-state index in [1.165, 1.54) is 36.4 Å². The first kappa shape index (κ1) is 15.9. The van der Waals surface area contributed by atoms with Crippen molar-refractivity contribution in [1.82, 2.24) is 0 Å². The first-order valence-electron chi connectivity index (χ1n) is 5.51. The molecule has 0 saturated heterocycles. The van der Waals surface area contributed by atoms with E-state index in [-0.39, 0.29) is 25.7 Å². The number of hydrogen-bond acceptors (Lipinski definition) is 3. The van der Waals surface area contributed by atoms with Crippen LogP contribution in [-0.2, 0) is 10.0 Å². The van der Waals surface area contributed by atoms with E-state index in [2.05, 4.69) is 4.72 Å². The maximum absolute atomic E-state index is 12.3. The van der Waals surface area contributed by atoms with Crippen LogP contribution in [0.2, 0.25) is 15.1 Å². The summed E-state index contributed by atoms with van der Waals surface area (Å²) in [5.74, 6) is 0. The second-order valence-electron chi connectivity index (χ2n) is 3.99. The molecule has 0 aromatic heterocycles. The Morgan fingerprint density at radius 2 is 1.71 bits per heavy atom. The van der Waals surface area contributed by atoms with Crippen molar-refractivity contribution < 1.29 is 8.42 Å². The van der Waals surface area contributed by atoms with Crippen molar-refractivity contribution in [1.29, 1.82) is 5.26 Å². The Labute approximate surface area is 136 Å². The molecule has 0 amide bonds. The van der Waals surface area contributed by atoms with Crippen LogP contribution in [0.1, 0.15) is 5.56 Å². The monoisotopic (exact) mass is 360 g/mol. The molecule has 4 nitrogen and oxygen atoms in total. The molecule has 0 atom stereocenters. The van der Waals surface area contributed by atoms with Crippen LogP contribution in [-0.4, -0.2) is 8.42 Å². The van der Waals surface area contributed by atoms with Gasteiger partial charge in [-0.15, -0.1) is 0 Å². The Morgan fingerprint density at radius 3 is 2.33 bits per heavy atom. The molecule has 0 aliphatic rings. The van der Waals surface area contributed by atoms with Crippen LogP contribution >= 0.6 is 34.8 Å². The maximum Gasteiger partial charge on any atom is 0.263 e. The summed E-state index contributed by atoms with van der Waals surface area (Å²) >= 11 is 17.6. The number of hydrogen-bond donors (Lipinski definition) is 1. The van der Waals surface area contributed by atoms with E-state index in [1.54, 1.807) is 0 Å². The van der Waals surface area contributed by atoms with Gasteiger partial charge in [-0.25, -0.2) is 8.42 Å². The van der Waals surface area contributed by atoms with Crippen LogP contribution in [0.25, 0.3) is 0 Å². The second kappa shape index (κ2) is 6.12. The molecule has 0 aliphatic carbocycles. The highest BCUT2D eigenvalue weighted by Crippen LogP contribution is 2.29. The van der Waals surface area contributed by atoms with Crippen molar-refractivity contribution in [3.05, 3.63) is 57.0 Å². The predicted octanol–water partition coefficient (Wildman–Crippen LogP) is 4.32. The van der Waals surface area contributed by atoms with Crippen molar-refractivity contribution >= 4 is 50.5 Å². The van der Waals surface area contributed by atoms with Crippen LogP contribution in [0.5, 0.6) is 0 Å². The number of sulfonamides is 1. The molecule has 2 aromatic carbocycles. The minimum Gasteiger partial charge on any atom is -0.278 e. The minimum atomic E-state index is -3.94. The lowest BCUT2D eigenvalue weighted by molar-refractivity contribution is 0.601. The van der Waals surface area contributed by atoms with Gasteiger partial charge in [0.15, 0.2) is 0 Å². The standard InChI is InChI=1S/C13H7Cl3N2O2S/c14-9-2-3-10(15)13(6-9)21(19,20)18-12-4-1-8(7-17)5-11(12)16/h1-6,18H. The third-order valence-electron chi connectivity index (χ3n) is 2.53. The molecule has 0 fully saturated rings. The number of halogens is 3. The van der Waals surface area contributed by atoms with Crippen molar-refractivity contribution in [2.24, 2.45) is 0 Å². The van der Waals surface area contributed by atoms with Crippen molar-refractivity contribution in [2.75, 3.05) is 4.72 Å². The average Bonchev–Trinajstić information content (AvgIpc) is 2.43. The summed E-state index contributed by atoms with van der Waals surface area (Å²) in [6, 6.07) is 10.2. The first-order chi connectivity index (χ1) is 9.83. The molecular formula is C13H7Cl3N2O2S. The normalized spacial score (nSPS) is 11.0. The van der Waals surface area contributed by atoms with E-state index < -0.39 is 10.0 Å². The summed E-state index contributed by atoms with van der Waals surface area (Å²) in [7, 11) is -3.94. The Bertz CT molecular complexity index is 845. The molecule has 0 bridgehead atoms. The van der Waals surface area contributed by atoms with Gasteiger partial charge in [-0.1, -0.05) is 34.8 Å². The predicted molar refractivity (Wildman–Crippen MR) is 83.4 cm³/mol. The third kappa shape index (κ3) is 3.60. The molecule has 8 heteroatoms. The summed E-state index contributed by atoms with van der Waals surface area (Å²) < 4.78 is 26.9. The van der Waals surface area contributed by atoms with E-state index in [1.807, 2.05) is 6.07 Å². The topological polar surface area (TPSA) is 70.0 Å². The summed E-state index contributed by atoms with van der Waals surface area (Å²) in [5, 5.41) is 9.14. The molecule has 2 rings (SSSR count). The van der Waals surface area contributed by atoms with Gasteiger partial charge in [-0.3, -0.25) is 4.72 Å². The quantitative estimate of drug-likeness (QED) is 0.885. The fraction of sp³-hybridized carbons (Fsp3) is 0. The van der Waals surface area contributed by atoms with Gasteiger partial charge in [0.1, 0.15) is 4.90 Å². The molecule has 0 aliphatic heterocycles. The lowest BCUT2D eigenvalue weighted by Crippen LogP contribution is -2.13. The zero-order valence-corrected chi connectivity index (χ0v) is 13.4. The average molecular weight is 362 g/mol. The lowest BCUT2D eigenvalue weighted by Gasteiger charge is -2.11. The summed E-state index contributed by atoms with van der Waals surface area (Å²) in [6.45, 7) is 0. The van der Waals surface area contributed by atoms with E-state index >= 15 is 0 Å². The van der Waals surface area contributed by atoms with E-state index in [9.17, 15) is 8.42 Å². The van der Waals surface area contributed by atoms with E-state index in [0.717, 1.165) is 0 Å². The summed E-state index contributed by atoms with van der Waals surface area (Å²) in [6.07, 6.45) is 0. The van der Waals surface area contributed by atoms with Crippen molar-refractivity contribution in [2.45, 2.75) is 4.90 Å². The number of rotatable bonds is 3. The third-order valence-corrected chi connectivity index (χ3v) is 4.92. The molecule has 0 saturated carbocycles. The molecule has 21 heavy (non-hydrogen) atoms. The molecule has 0 radical (unpaired) electrons. The zero-order valence-electron chi connectivity index (χ0n) is 10.3. The Hall–Kier alpha value is -1.45. The van der Waals surface area contributed by atoms with Gasteiger partial charge in [-0.2, -0.15) is 5.26 Å². The molecule has 0 heterocycles. The van der Waals surface area contributed by atoms with Crippen LogP contribution in [0.15, 0.2) is 41.3 Å². The Morgan fingerprint density at radius 1 is 1.00 bits per heavy atom. The fourth-order valence-corrected chi connectivity index (χ4v) is 3.68. The maximum atomic E-state index is 12.3. The lowest BCUT2D eigenvalue weighted by atomic mass is 10.2. The fourth-order valence-electron chi connectivity index (χ4n) is 1.55. The highest BCUT2D eigenvalue weighted by molar-refractivity contribution is 7.92. The van der Waals surface area contributed by atoms with Gasteiger partial charge in [-0.05, 0) is 36.4 Å². The SMILES string of the molecule is N#Cc1ccc(NS(=O)(=O)c2cc(Cl)ccc2Cl)c(Cl)c1.